The van der Waals surface area contributed by atoms with Crippen LogP contribution < -0.4 is 0 Å². The van der Waals surface area contributed by atoms with E-state index < -0.39 is 11.6 Å². The van der Waals surface area contributed by atoms with Gasteiger partial charge in [-0.15, -0.1) is 23.1 Å². The van der Waals surface area contributed by atoms with Crippen molar-refractivity contribution in [2.24, 2.45) is 0 Å². The van der Waals surface area contributed by atoms with Crippen LogP contribution in [0.4, 0.5) is 4.79 Å². The summed E-state index contributed by atoms with van der Waals surface area (Å²) < 4.78 is 6.53. The van der Waals surface area contributed by atoms with Gasteiger partial charge in [0.05, 0.1) is 4.21 Å². The average molecular weight is 567 g/mol. The number of rotatable bonds is 3. The van der Waals surface area contributed by atoms with Crippen LogP contribution in [0.1, 0.15) is 54.9 Å². The maximum absolute atomic E-state index is 12.5. The number of hydrogen-bond donors (Lipinski definition) is 1. The number of thioether (sulfide) groups is 1. The minimum Gasteiger partial charge on any atom is -0.477 e. The second-order valence-corrected chi connectivity index (χ2v) is 9.49. The molecule has 1 amide bonds. The minimum absolute atomic E-state index is 0. The Labute approximate surface area is 171 Å². The molecular weight excluding hydrogens is 541 g/mol. The van der Waals surface area contributed by atoms with Crippen molar-refractivity contribution in [3.63, 3.8) is 0 Å². The van der Waals surface area contributed by atoms with E-state index in [0.717, 1.165) is 21.8 Å². The molecule has 0 saturated carbocycles. The van der Waals surface area contributed by atoms with Crippen LogP contribution in [0.25, 0.3) is 0 Å². The molecule has 0 bridgehead atoms. The molecule has 1 unspecified atom stereocenters. The third kappa shape index (κ3) is 4.80. The summed E-state index contributed by atoms with van der Waals surface area (Å²) in [6, 6.07) is 0. The van der Waals surface area contributed by atoms with Gasteiger partial charge >= 0.3 is 12.1 Å². The quantitative estimate of drug-likeness (QED) is 0.554. The summed E-state index contributed by atoms with van der Waals surface area (Å²) >= 11 is 2.92. The van der Waals surface area contributed by atoms with Gasteiger partial charge in [0.2, 0.25) is 0 Å². The topological polar surface area (TPSA) is 66.8 Å². The fourth-order valence-electron chi connectivity index (χ4n) is 2.96. The second-order valence-electron chi connectivity index (χ2n) is 7.40. The number of carbonyl (C=O) groups excluding carboxylic acids is 1. The Morgan fingerprint density at radius 2 is 1.92 bits per heavy atom. The number of carboxylic acids is 1. The van der Waals surface area contributed by atoms with Crippen LogP contribution in [0, 0.1) is 0 Å². The van der Waals surface area contributed by atoms with Crippen molar-refractivity contribution >= 4 is 35.2 Å². The van der Waals surface area contributed by atoms with E-state index in [1.54, 1.807) is 23.7 Å². The van der Waals surface area contributed by atoms with Crippen LogP contribution >= 0.6 is 23.1 Å². The van der Waals surface area contributed by atoms with Gasteiger partial charge in [-0.05, 0) is 64.3 Å². The molecule has 25 heavy (non-hydrogen) atoms. The Hall–Kier alpha value is -0.522. The third-order valence-corrected chi connectivity index (χ3v) is 6.83. The Morgan fingerprint density at radius 3 is 2.40 bits per heavy atom. The van der Waals surface area contributed by atoms with Crippen LogP contribution in [0.2, 0.25) is 0 Å². The summed E-state index contributed by atoms with van der Waals surface area (Å²) in [5.41, 5.74) is 1.10. The minimum atomic E-state index is -0.861. The Morgan fingerprint density at radius 1 is 1.32 bits per heavy atom. The number of carboxylic acid groups (broad SMARTS) is 1. The van der Waals surface area contributed by atoms with Crippen LogP contribution in [0.3, 0.4) is 0 Å². The number of likely N-dealkylation sites (N-methyl/N-ethyl adjacent to an activating group) is 1. The van der Waals surface area contributed by atoms with Crippen molar-refractivity contribution in [3.8, 4) is 0 Å². The second kappa shape index (κ2) is 8.01. The molecule has 0 aromatic carbocycles. The standard InChI is InChI=1S/C17H25NO4S2.Pt/c1-16(2,3)22-15(21)18(5)17(4)8-7-10-11(9-17)14(23-6)24-12(10)13(19)20;/h7-9H2,1-6H3,(H,19,20);. The molecule has 0 aliphatic heterocycles. The molecule has 1 aromatic rings. The summed E-state index contributed by atoms with van der Waals surface area (Å²) in [4.78, 5) is 26.0. The Kier molecular flexibility index (Phi) is 7.22. The largest absolute Gasteiger partial charge is 0.477 e. The SMILES string of the molecule is CSc1sc(C(=O)O)c2c1CC(C)(N(C)C(=O)OC(C)(C)C)CC2.[Pt]. The number of fused-ring (bicyclic) bond motifs is 1. The molecule has 1 N–H and O–H groups in total. The molecule has 1 atom stereocenters. The molecule has 1 aromatic heterocycles. The van der Waals surface area contributed by atoms with E-state index in [4.69, 9.17) is 4.74 Å². The summed E-state index contributed by atoms with van der Waals surface area (Å²) in [6.45, 7) is 7.60. The van der Waals surface area contributed by atoms with Gasteiger partial charge in [0.15, 0.2) is 0 Å². The van der Waals surface area contributed by atoms with Gasteiger partial charge in [0.1, 0.15) is 10.5 Å². The molecular formula is C17H25NO4PtS2. The van der Waals surface area contributed by atoms with Gasteiger partial charge in [-0.1, -0.05) is 0 Å². The van der Waals surface area contributed by atoms with E-state index in [9.17, 15) is 14.7 Å². The van der Waals surface area contributed by atoms with Gasteiger partial charge in [0, 0.05) is 33.7 Å². The van der Waals surface area contributed by atoms with E-state index in [0.29, 0.717) is 17.7 Å². The number of thiophene rings is 1. The Bertz CT molecular complexity index is 668. The fourth-order valence-corrected chi connectivity index (χ4v) is 4.92. The van der Waals surface area contributed by atoms with Gasteiger partial charge < -0.3 is 14.7 Å². The van der Waals surface area contributed by atoms with Crippen LogP contribution in [-0.2, 0) is 38.6 Å². The van der Waals surface area contributed by atoms with Gasteiger partial charge in [-0.2, -0.15) is 0 Å². The van der Waals surface area contributed by atoms with Gasteiger partial charge in [-0.25, -0.2) is 9.59 Å². The third-order valence-electron chi connectivity index (χ3n) is 4.41. The molecule has 1 aliphatic carbocycles. The molecule has 5 nitrogen and oxygen atoms in total. The van der Waals surface area contributed by atoms with E-state index in [1.165, 1.54) is 11.3 Å². The monoisotopic (exact) mass is 566 g/mol. The molecule has 0 radical (unpaired) electrons. The molecule has 144 valence electrons. The predicted octanol–water partition coefficient (Wildman–Crippen LogP) is 4.28. The van der Waals surface area contributed by atoms with Crippen LogP contribution in [0.15, 0.2) is 4.21 Å². The molecule has 1 heterocycles. The van der Waals surface area contributed by atoms with E-state index >= 15 is 0 Å². The van der Waals surface area contributed by atoms with Crippen molar-refractivity contribution in [2.45, 2.75) is 62.3 Å². The van der Waals surface area contributed by atoms with Gasteiger partial charge in [-0.3, -0.25) is 0 Å². The van der Waals surface area contributed by atoms with E-state index in [2.05, 4.69) is 0 Å². The summed E-state index contributed by atoms with van der Waals surface area (Å²) in [5, 5.41) is 9.42. The molecule has 1 aliphatic rings. The zero-order valence-electron chi connectivity index (χ0n) is 15.4. The smallest absolute Gasteiger partial charge is 0.410 e. The zero-order chi connectivity index (χ0) is 18.3. The molecule has 8 heteroatoms. The number of nitrogens with zero attached hydrogens (tertiary/aromatic N) is 1. The van der Waals surface area contributed by atoms with Crippen molar-refractivity contribution in [1.82, 2.24) is 4.90 Å². The number of hydrogen-bond acceptors (Lipinski definition) is 5. The van der Waals surface area contributed by atoms with Crippen molar-refractivity contribution in [2.75, 3.05) is 13.3 Å². The van der Waals surface area contributed by atoms with E-state index in [1.807, 2.05) is 34.0 Å². The van der Waals surface area contributed by atoms with Crippen molar-refractivity contribution in [1.29, 1.82) is 0 Å². The number of carbonyl (C=O) groups is 2. The molecule has 0 saturated heterocycles. The van der Waals surface area contributed by atoms with Gasteiger partial charge in [0.25, 0.3) is 0 Å². The summed E-state index contributed by atoms with van der Waals surface area (Å²) in [5.74, 6) is -0.861. The Balaban J connectivity index is 0.00000312. The van der Waals surface area contributed by atoms with E-state index in [-0.39, 0.29) is 32.7 Å². The maximum atomic E-state index is 12.5. The zero-order valence-corrected chi connectivity index (χ0v) is 19.3. The first-order valence-corrected chi connectivity index (χ1v) is 9.91. The number of amides is 1. The van der Waals surface area contributed by atoms with Crippen LogP contribution in [-0.4, -0.2) is 46.5 Å². The van der Waals surface area contributed by atoms with Crippen molar-refractivity contribution < 1.29 is 40.5 Å². The molecule has 0 spiro atoms. The first-order valence-electron chi connectivity index (χ1n) is 7.87. The number of aromatic carboxylic acids is 1. The fraction of sp³-hybridized carbons (Fsp3) is 0.647. The first kappa shape index (κ1) is 22.5. The normalized spacial score (nSPS) is 19.6. The molecule has 2 rings (SSSR count). The average Bonchev–Trinajstić information content (AvgIpc) is 2.82. The molecule has 0 fully saturated rings. The summed E-state index contributed by atoms with van der Waals surface area (Å²) in [7, 11) is 1.77. The van der Waals surface area contributed by atoms with Crippen LogP contribution in [0.5, 0.6) is 0 Å². The maximum Gasteiger partial charge on any atom is 0.410 e. The number of ether oxygens (including phenoxy) is 1. The predicted molar refractivity (Wildman–Crippen MR) is 97.5 cm³/mol. The summed E-state index contributed by atoms with van der Waals surface area (Å²) in [6.07, 6.45) is 3.66. The van der Waals surface area contributed by atoms with Crippen molar-refractivity contribution in [3.05, 3.63) is 16.0 Å². The first-order chi connectivity index (χ1) is 11.0.